The molecular weight excluding hydrogens is 388 g/mol. The average molecular weight is 410 g/mol. The molecule has 0 atom stereocenters. The van der Waals surface area contributed by atoms with E-state index in [1.54, 1.807) is 0 Å². The maximum atomic E-state index is 12.8. The smallest absolute Gasteiger partial charge is 0.253 e. The van der Waals surface area contributed by atoms with E-state index in [1.807, 2.05) is 0 Å². The Morgan fingerprint density at radius 2 is 1.97 bits per heavy atom. The van der Waals surface area contributed by atoms with Crippen molar-refractivity contribution < 1.29 is 15.0 Å². The Bertz CT molecular complexity index is 1330. The Morgan fingerprint density at radius 3 is 2.67 bits per heavy atom. The van der Waals surface area contributed by atoms with E-state index < -0.39 is 16.6 Å². The van der Waals surface area contributed by atoms with Crippen LogP contribution in [0.15, 0.2) is 21.7 Å². The molecule has 0 aliphatic carbocycles. The van der Waals surface area contributed by atoms with Crippen molar-refractivity contribution in [3.05, 3.63) is 48.9 Å². The number of nitrogens with zero attached hydrogens (tertiary/aromatic N) is 2. The van der Waals surface area contributed by atoms with Gasteiger partial charge in [0.1, 0.15) is 22.3 Å². The minimum atomic E-state index is -0.529. The van der Waals surface area contributed by atoms with Gasteiger partial charge in [-0.3, -0.25) is 14.4 Å². The fourth-order valence-electron chi connectivity index (χ4n) is 3.87. The zero-order valence-corrected chi connectivity index (χ0v) is 16.5. The van der Waals surface area contributed by atoms with Gasteiger partial charge < -0.3 is 25.4 Å². The van der Waals surface area contributed by atoms with Crippen molar-refractivity contribution in [2.24, 2.45) is 0 Å². The summed E-state index contributed by atoms with van der Waals surface area (Å²) in [5, 5.41) is 22.5. The minimum absolute atomic E-state index is 0.00480. The second-order valence-electron chi connectivity index (χ2n) is 7.45. The van der Waals surface area contributed by atoms with Gasteiger partial charge in [-0.25, -0.2) is 4.98 Å². The monoisotopic (exact) mass is 410 g/mol. The van der Waals surface area contributed by atoms with Crippen LogP contribution in [0.3, 0.4) is 0 Å². The first kappa shape index (κ1) is 19.8. The quantitative estimate of drug-likeness (QED) is 0.454. The highest BCUT2D eigenvalue weighted by atomic mass is 16.3. The Kier molecular flexibility index (Phi) is 5.13. The molecule has 0 radical (unpaired) electrons. The van der Waals surface area contributed by atoms with E-state index in [1.165, 1.54) is 19.1 Å². The SMILES string of the molecule is Cc1c(O)/c(=C\O)c2nc3c(=O)ccc(C(=O)NCCN4CCCC4)c3[nH]c2c1=O. The molecular formula is C21H22N4O5. The third-order valence-corrected chi connectivity index (χ3v) is 5.57. The average Bonchev–Trinajstić information content (AvgIpc) is 3.25. The zero-order chi connectivity index (χ0) is 21.4. The summed E-state index contributed by atoms with van der Waals surface area (Å²) in [6.07, 6.45) is 2.96. The normalized spacial score (nSPS) is 15.3. The molecule has 1 fully saturated rings. The van der Waals surface area contributed by atoms with Crippen molar-refractivity contribution in [1.82, 2.24) is 20.2 Å². The number of aromatic hydroxyl groups is 1. The van der Waals surface area contributed by atoms with Crippen LogP contribution in [0.25, 0.3) is 28.3 Å². The van der Waals surface area contributed by atoms with Crippen molar-refractivity contribution >= 4 is 34.2 Å². The number of benzene rings is 2. The van der Waals surface area contributed by atoms with Gasteiger partial charge in [-0.05, 0) is 45.0 Å². The lowest BCUT2D eigenvalue weighted by molar-refractivity contribution is 0.0951. The van der Waals surface area contributed by atoms with Crippen LogP contribution in [-0.2, 0) is 0 Å². The largest absolute Gasteiger partial charge is 0.515 e. The molecule has 30 heavy (non-hydrogen) atoms. The van der Waals surface area contributed by atoms with Gasteiger partial charge in [0.05, 0.1) is 22.6 Å². The molecule has 1 aliphatic rings. The van der Waals surface area contributed by atoms with E-state index in [0.29, 0.717) is 12.8 Å². The molecule has 0 unspecified atom stereocenters. The molecule has 3 aromatic rings. The summed E-state index contributed by atoms with van der Waals surface area (Å²) in [5.74, 6) is -0.785. The van der Waals surface area contributed by atoms with Gasteiger partial charge in [0.15, 0.2) is 0 Å². The van der Waals surface area contributed by atoms with Crippen molar-refractivity contribution in [1.29, 1.82) is 0 Å². The van der Waals surface area contributed by atoms with E-state index in [9.17, 15) is 24.6 Å². The molecule has 2 aromatic carbocycles. The van der Waals surface area contributed by atoms with Gasteiger partial charge >= 0.3 is 0 Å². The number of H-pyrrole nitrogens is 1. The number of aliphatic hydroxyl groups excluding tert-OH is 1. The van der Waals surface area contributed by atoms with Gasteiger partial charge in [0.25, 0.3) is 5.91 Å². The predicted molar refractivity (Wildman–Crippen MR) is 113 cm³/mol. The summed E-state index contributed by atoms with van der Waals surface area (Å²) in [4.78, 5) is 47.1. The number of fused-ring (bicyclic) bond motifs is 2. The van der Waals surface area contributed by atoms with Gasteiger partial charge in [-0.2, -0.15) is 0 Å². The second-order valence-corrected chi connectivity index (χ2v) is 7.45. The van der Waals surface area contributed by atoms with E-state index in [-0.39, 0.29) is 44.3 Å². The third kappa shape index (κ3) is 3.26. The Balaban J connectivity index is 1.82. The van der Waals surface area contributed by atoms with Gasteiger partial charge in [0.2, 0.25) is 10.9 Å². The van der Waals surface area contributed by atoms with Crippen LogP contribution < -0.4 is 21.4 Å². The number of aromatic nitrogens is 2. The highest BCUT2D eigenvalue weighted by molar-refractivity contribution is 6.06. The molecule has 0 saturated carbocycles. The van der Waals surface area contributed by atoms with Crippen molar-refractivity contribution in [3.8, 4) is 5.75 Å². The number of amides is 1. The van der Waals surface area contributed by atoms with E-state index in [4.69, 9.17) is 0 Å². The van der Waals surface area contributed by atoms with Gasteiger partial charge in [0, 0.05) is 18.7 Å². The fraction of sp³-hybridized carbons (Fsp3) is 0.333. The predicted octanol–water partition coefficient (Wildman–Crippen LogP) is 0.291. The number of phenols is 1. The maximum absolute atomic E-state index is 12.8. The minimum Gasteiger partial charge on any atom is -0.515 e. The number of phenolic OH excluding ortho intramolecular Hbond substituents is 1. The molecule has 9 nitrogen and oxygen atoms in total. The lowest BCUT2D eigenvalue weighted by Gasteiger charge is -2.15. The molecule has 1 saturated heterocycles. The summed E-state index contributed by atoms with van der Waals surface area (Å²) < 4.78 is 0. The number of aliphatic hydroxyl groups is 1. The van der Waals surface area contributed by atoms with Crippen molar-refractivity contribution in [2.45, 2.75) is 19.8 Å². The third-order valence-electron chi connectivity index (χ3n) is 5.57. The molecule has 1 amide bonds. The molecule has 156 valence electrons. The number of rotatable bonds is 4. The molecule has 1 aliphatic heterocycles. The number of carbonyl (C=O) groups is 1. The summed E-state index contributed by atoms with van der Waals surface area (Å²) in [7, 11) is 0. The van der Waals surface area contributed by atoms with Crippen LogP contribution in [-0.4, -0.2) is 57.2 Å². The van der Waals surface area contributed by atoms with Crippen molar-refractivity contribution in [3.63, 3.8) is 0 Å². The van der Waals surface area contributed by atoms with Gasteiger partial charge in [-0.1, -0.05) is 0 Å². The van der Waals surface area contributed by atoms with Crippen LogP contribution in [0.4, 0.5) is 0 Å². The summed E-state index contributed by atoms with van der Waals surface area (Å²) in [5.41, 5.74) is -0.723. The molecule has 9 heteroatoms. The van der Waals surface area contributed by atoms with E-state index in [2.05, 4.69) is 20.2 Å². The van der Waals surface area contributed by atoms with E-state index in [0.717, 1.165) is 32.5 Å². The molecule has 2 heterocycles. The second kappa shape index (κ2) is 7.75. The standard InChI is InChI=1S/C21H22N4O5/c1-11-19(28)13(10-26)16-18(20(11)29)24-15-12(4-5-14(27)17(15)23-16)21(30)22-6-9-25-7-2-3-8-25/h4-5,10,24,26,28H,2-3,6-9H2,1H3,(H,22,30)/b13-10-. The van der Waals surface area contributed by atoms with E-state index >= 15 is 0 Å². The number of carbonyl (C=O) groups excluding carboxylic acids is 1. The Labute approximate surface area is 170 Å². The molecule has 4 N–H and O–H groups in total. The number of hydrogen-bond acceptors (Lipinski definition) is 7. The highest BCUT2D eigenvalue weighted by Gasteiger charge is 2.19. The topological polar surface area (TPSA) is 136 Å². The first-order chi connectivity index (χ1) is 14.4. The molecule has 4 rings (SSSR count). The number of nitrogens with one attached hydrogen (secondary N) is 2. The summed E-state index contributed by atoms with van der Waals surface area (Å²) >= 11 is 0. The van der Waals surface area contributed by atoms with Crippen LogP contribution in [0.2, 0.25) is 0 Å². The summed E-state index contributed by atoms with van der Waals surface area (Å²) in [6.45, 7) is 4.67. The van der Waals surface area contributed by atoms with Crippen LogP contribution >= 0.6 is 0 Å². The first-order valence-electron chi connectivity index (χ1n) is 9.79. The van der Waals surface area contributed by atoms with Crippen molar-refractivity contribution in [2.75, 3.05) is 26.2 Å². The summed E-state index contributed by atoms with van der Waals surface area (Å²) in [6, 6.07) is 2.63. The highest BCUT2D eigenvalue weighted by Crippen LogP contribution is 2.17. The number of likely N-dealkylation sites (tertiary alicyclic amines) is 1. The zero-order valence-electron chi connectivity index (χ0n) is 16.5. The molecule has 1 aromatic heterocycles. The Morgan fingerprint density at radius 1 is 1.23 bits per heavy atom. The Hall–Kier alpha value is -3.46. The van der Waals surface area contributed by atoms with Crippen LogP contribution in [0.5, 0.6) is 5.75 Å². The van der Waals surface area contributed by atoms with Crippen LogP contribution in [0.1, 0.15) is 28.8 Å². The number of aromatic amines is 1. The van der Waals surface area contributed by atoms with Crippen LogP contribution in [0, 0.1) is 6.92 Å². The van der Waals surface area contributed by atoms with Gasteiger partial charge in [-0.15, -0.1) is 0 Å². The lowest BCUT2D eigenvalue weighted by atomic mass is 10.1. The number of hydrogen-bond donors (Lipinski definition) is 4. The fourth-order valence-corrected chi connectivity index (χ4v) is 3.87. The first-order valence-corrected chi connectivity index (χ1v) is 9.79. The lowest BCUT2D eigenvalue weighted by Crippen LogP contribution is -2.33. The molecule has 0 bridgehead atoms. The molecule has 0 spiro atoms. The maximum Gasteiger partial charge on any atom is 0.253 e.